The maximum atomic E-state index is 10.7. The van der Waals surface area contributed by atoms with Gasteiger partial charge in [0.15, 0.2) is 4.96 Å². The lowest BCUT2D eigenvalue weighted by molar-refractivity contribution is 0.0996. The summed E-state index contributed by atoms with van der Waals surface area (Å²) in [5.41, 5.74) is 5.35. The fourth-order valence-corrected chi connectivity index (χ4v) is 2.24. The second-order valence-electron chi connectivity index (χ2n) is 2.22. The van der Waals surface area contributed by atoms with Crippen LogP contribution in [0.15, 0.2) is 16.2 Å². The molecule has 2 aromatic heterocycles. The van der Waals surface area contributed by atoms with Crippen molar-refractivity contribution in [3.63, 3.8) is 0 Å². The van der Waals surface area contributed by atoms with Gasteiger partial charge in [0.05, 0.1) is 3.79 Å². The van der Waals surface area contributed by atoms with Crippen LogP contribution in [0.1, 0.15) is 10.5 Å². The zero-order valence-electron chi connectivity index (χ0n) is 5.82. The topological polar surface area (TPSA) is 60.4 Å². The third kappa shape index (κ3) is 1.12. The molecular formula is C6H4BrN3OS. The van der Waals surface area contributed by atoms with Crippen LogP contribution in [0.4, 0.5) is 0 Å². The SMILES string of the molecule is NC(=O)c1cn2cc(Br)sc2n1. The number of rotatable bonds is 1. The van der Waals surface area contributed by atoms with Crippen LogP contribution in [-0.2, 0) is 0 Å². The quantitative estimate of drug-likeness (QED) is 0.823. The van der Waals surface area contributed by atoms with E-state index in [9.17, 15) is 4.79 Å². The molecule has 4 nitrogen and oxygen atoms in total. The smallest absolute Gasteiger partial charge is 0.268 e. The summed E-state index contributed by atoms with van der Waals surface area (Å²) in [6, 6.07) is 0. The molecule has 1 amide bonds. The van der Waals surface area contributed by atoms with Crippen molar-refractivity contribution in [3.8, 4) is 0 Å². The fourth-order valence-electron chi connectivity index (χ4n) is 0.886. The average molecular weight is 246 g/mol. The zero-order chi connectivity index (χ0) is 8.72. The van der Waals surface area contributed by atoms with Crippen molar-refractivity contribution in [2.24, 2.45) is 5.73 Å². The van der Waals surface area contributed by atoms with Gasteiger partial charge in [-0.2, -0.15) is 0 Å². The first-order chi connectivity index (χ1) is 5.66. The molecule has 0 unspecified atom stereocenters. The van der Waals surface area contributed by atoms with E-state index in [2.05, 4.69) is 20.9 Å². The molecule has 0 atom stereocenters. The number of aromatic nitrogens is 2. The summed E-state index contributed by atoms with van der Waals surface area (Å²) in [7, 11) is 0. The Morgan fingerprint density at radius 3 is 3.00 bits per heavy atom. The van der Waals surface area contributed by atoms with Crippen LogP contribution in [-0.4, -0.2) is 15.3 Å². The summed E-state index contributed by atoms with van der Waals surface area (Å²) in [6.07, 6.45) is 3.44. The number of imidazole rings is 1. The number of fused-ring (bicyclic) bond motifs is 1. The highest BCUT2D eigenvalue weighted by Crippen LogP contribution is 2.22. The Morgan fingerprint density at radius 1 is 1.67 bits per heavy atom. The predicted octanol–water partition coefficient (Wildman–Crippen LogP) is 1.26. The summed E-state index contributed by atoms with van der Waals surface area (Å²) >= 11 is 4.76. The summed E-state index contributed by atoms with van der Waals surface area (Å²) in [5, 5.41) is 0. The standard InChI is InChI=1S/C6H4BrN3OS/c7-4-2-10-1-3(5(8)11)9-6(10)12-4/h1-2H,(H2,8,11). The first-order valence-electron chi connectivity index (χ1n) is 3.10. The molecule has 2 aromatic rings. The molecule has 6 heteroatoms. The first kappa shape index (κ1) is 7.75. The molecule has 0 bridgehead atoms. The monoisotopic (exact) mass is 245 g/mol. The van der Waals surface area contributed by atoms with E-state index in [-0.39, 0.29) is 0 Å². The third-order valence-electron chi connectivity index (χ3n) is 1.38. The van der Waals surface area contributed by atoms with Gasteiger partial charge < -0.3 is 5.73 Å². The van der Waals surface area contributed by atoms with Crippen LogP contribution in [0.2, 0.25) is 0 Å². The molecule has 0 saturated heterocycles. The second-order valence-corrected chi connectivity index (χ2v) is 4.60. The van der Waals surface area contributed by atoms with Crippen LogP contribution in [0, 0.1) is 0 Å². The summed E-state index contributed by atoms with van der Waals surface area (Å²) in [6.45, 7) is 0. The molecule has 2 heterocycles. The highest BCUT2D eigenvalue weighted by atomic mass is 79.9. The van der Waals surface area contributed by atoms with E-state index in [1.54, 1.807) is 10.6 Å². The van der Waals surface area contributed by atoms with E-state index >= 15 is 0 Å². The number of halogens is 1. The average Bonchev–Trinajstić information content (AvgIpc) is 2.42. The molecule has 0 aliphatic carbocycles. The molecule has 0 fully saturated rings. The van der Waals surface area contributed by atoms with Gasteiger partial charge in [0.25, 0.3) is 5.91 Å². The van der Waals surface area contributed by atoms with Gasteiger partial charge in [0.2, 0.25) is 0 Å². The van der Waals surface area contributed by atoms with Crippen LogP contribution < -0.4 is 5.73 Å². The number of nitrogens with zero attached hydrogens (tertiary/aromatic N) is 2. The predicted molar refractivity (Wildman–Crippen MR) is 49.3 cm³/mol. The Hall–Kier alpha value is -0.880. The van der Waals surface area contributed by atoms with Crippen molar-refractivity contribution in [3.05, 3.63) is 21.9 Å². The lowest BCUT2D eigenvalue weighted by Crippen LogP contribution is -2.10. The Balaban J connectivity index is 2.64. The van der Waals surface area contributed by atoms with Crippen molar-refractivity contribution < 1.29 is 4.79 Å². The Morgan fingerprint density at radius 2 is 2.42 bits per heavy atom. The number of nitrogens with two attached hydrogens (primary N) is 1. The lowest BCUT2D eigenvalue weighted by atomic mass is 10.5. The van der Waals surface area contributed by atoms with E-state index in [0.29, 0.717) is 5.69 Å². The molecule has 12 heavy (non-hydrogen) atoms. The van der Waals surface area contributed by atoms with E-state index in [4.69, 9.17) is 5.73 Å². The van der Waals surface area contributed by atoms with Crippen molar-refractivity contribution in [2.45, 2.75) is 0 Å². The first-order valence-corrected chi connectivity index (χ1v) is 4.71. The molecule has 0 radical (unpaired) electrons. The van der Waals surface area contributed by atoms with Gasteiger partial charge >= 0.3 is 0 Å². The number of amides is 1. The minimum absolute atomic E-state index is 0.300. The largest absolute Gasteiger partial charge is 0.364 e. The number of thiazole rings is 1. The summed E-state index contributed by atoms with van der Waals surface area (Å²) in [5.74, 6) is -0.498. The second kappa shape index (κ2) is 2.56. The molecule has 2 N–H and O–H groups in total. The summed E-state index contributed by atoms with van der Waals surface area (Å²) < 4.78 is 2.73. The highest BCUT2D eigenvalue weighted by Gasteiger charge is 2.08. The fraction of sp³-hybridized carbons (Fsp3) is 0. The maximum absolute atomic E-state index is 10.7. The molecule has 62 valence electrons. The zero-order valence-corrected chi connectivity index (χ0v) is 8.22. The normalized spacial score (nSPS) is 10.8. The van der Waals surface area contributed by atoms with Crippen LogP contribution in [0.25, 0.3) is 4.96 Å². The molecule has 2 rings (SSSR count). The molecule has 0 aliphatic heterocycles. The number of carbonyl (C=O) groups excluding carboxylic acids is 1. The molecule has 0 saturated carbocycles. The number of hydrogen-bond donors (Lipinski definition) is 1. The van der Waals surface area contributed by atoms with Gasteiger partial charge in [-0.1, -0.05) is 11.3 Å². The van der Waals surface area contributed by atoms with Gasteiger partial charge in [0.1, 0.15) is 5.69 Å². The van der Waals surface area contributed by atoms with Gasteiger partial charge in [-0.05, 0) is 15.9 Å². The number of hydrogen-bond acceptors (Lipinski definition) is 3. The van der Waals surface area contributed by atoms with E-state index in [0.717, 1.165) is 8.75 Å². The van der Waals surface area contributed by atoms with E-state index in [1.807, 2.05) is 6.20 Å². The maximum Gasteiger partial charge on any atom is 0.268 e. The number of carbonyl (C=O) groups is 1. The van der Waals surface area contributed by atoms with Crippen LogP contribution >= 0.6 is 27.3 Å². The van der Waals surface area contributed by atoms with Crippen LogP contribution in [0.3, 0.4) is 0 Å². The van der Waals surface area contributed by atoms with Gasteiger partial charge in [0, 0.05) is 12.4 Å². The molecular weight excluding hydrogens is 242 g/mol. The summed E-state index contributed by atoms with van der Waals surface area (Å²) in [4.78, 5) is 15.5. The molecule has 0 spiro atoms. The third-order valence-corrected chi connectivity index (χ3v) is 2.86. The van der Waals surface area contributed by atoms with E-state index < -0.39 is 5.91 Å². The minimum Gasteiger partial charge on any atom is -0.364 e. The van der Waals surface area contributed by atoms with Crippen LogP contribution in [0.5, 0.6) is 0 Å². The minimum atomic E-state index is -0.498. The van der Waals surface area contributed by atoms with Gasteiger partial charge in [-0.3, -0.25) is 9.20 Å². The highest BCUT2D eigenvalue weighted by molar-refractivity contribution is 9.11. The molecule has 0 aromatic carbocycles. The number of primary amides is 1. The Kier molecular flexibility index (Phi) is 1.66. The van der Waals surface area contributed by atoms with Crippen molar-refractivity contribution >= 4 is 38.1 Å². The lowest BCUT2D eigenvalue weighted by Gasteiger charge is -1.81. The van der Waals surface area contributed by atoms with E-state index in [1.165, 1.54) is 11.3 Å². The Labute approximate surface area is 80.1 Å². The van der Waals surface area contributed by atoms with Crippen molar-refractivity contribution in [1.29, 1.82) is 0 Å². The van der Waals surface area contributed by atoms with Gasteiger partial charge in [-0.15, -0.1) is 0 Å². The van der Waals surface area contributed by atoms with Crippen molar-refractivity contribution in [1.82, 2.24) is 9.38 Å². The van der Waals surface area contributed by atoms with Crippen molar-refractivity contribution in [2.75, 3.05) is 0 Å². The van der Waals surface area contributed by atoms with Gasteiger partial charge in [-0.25, -0.2) is 4.98 Å². The molecule has 0 aliphatic rings. The Bertz CT molecular complexity index is 415.